The number of carbonyl (C=O) groups is 1. The van der Waals surface area contributed by atoms with Crippen molar-refractivity contribution in [2.24, 2.45) is 0 Å². The van der Waals surface area contributed by atoms with Crippen LogP contribution in [0.2, 0.25) is 0 Å². The van der Waals surface area contributed by atoms with Gasteiger partial charge in [0, 0.05) is 29.4 Å². The fourth-order valence-electron chi connectivity index (χ4n) is 2.98. The summed E-state index contributed by atoms with van der Waals surface area (Å²) in [6.07, 6.45) is 9.01. The van der Waals surface area contributed by atoms with E-state index in [1.165, 1.54) is 0 Å². The first-order valence-corrected chi connectivity index (χ1v) is 10.4. The van der Waals surface area contributed by atoms with Gasteiger partial charge in [-0.1, -0.05) is 24.8 Å². The molecule has 0 radical (unpaired) electrons. The third kappa shape index (κ3) is 6.39. The van der Waals surface area contributed by atoms with Crippen molar-refractivity contribution in [3.8, 4) is 17.2 Å². The number of hydrogen-bond acceptors (Lipinski definition) is 5. The molecule has 1 heterocycles. The summed E-state index contributed by atoms with van der Waals surface area (Å²) in [4.78, 5) is 12.4. The number of alkyl halides is 1. The van der Waals surface area contributed by atoms with Crippen LogP contribution in [0.15, 0.2) is 66.7 Å². The van der Waals surface area contributed by atoms with Crippen LogP contribution in [-0.2, 0) is 4.79 Å². The number of nitrogens with zero attached hydrogens (tertiary/aromatic N) is 2. The van der Waals surface area contributed by atoms with E-state index < -0.39 is 0 Å². The van der Waals surface area contributed by atoms with Gasteiger partial charge in [0.1, 0.15) is 0 Å². The lowest BCUT2D eigenvalue weighted by Crippen LogP contribution is -2.35. The quantitative estimate of drug-likeness (QED) is 0.406. The monoisotopic (exact) mass is 444 g/mol. The molecule has 31 heavy (non-hydrogen) atoms. The van der Waals surface area contributed by atoms with Crippen LogP contribution in [0.4, 0.5) is 0 Å². The maximum absolute atomic E-state index is 12.4. The Hall–Kier alpha value is -3.19. The second-order valence-electron chi connectivity index (χ2n) is 6.62. The van der Waals surface area contributed by atoms with Crippen molar-refractivity contribution in [3.05, 3.63) is 72.2 Å². The van der Waals surface area contributed by atoms with Crippen LogP contribution in [0.25, 0.3) is 5.69 Å². The van der Waals surface area contributed by atoms with Gasteiger partial charge in [-0.05, 0) is 31.6 Å². The highest BCUT2D eigenvalue weighted by atomic mass is 35.5. The highest BCUT2D eigenvalue weighted by molar-refractivity contribution is 6.19. The molecule has 1 amide bonds. The lowest BCUT2D eigenvalue weighted by molar-refractivity contribution is -0.120. The summed E-state index contributed by atoms with van der Waals surface area (Å²) >= 11 is 5.77. The smallest absolute Gasteiger partial charge is 0.239 e. The minimum atomic E-state index is -0.213. The van der Waals surface area contributed by atoms with Gasteiger partial charge in [-0.25, -0.2) is 4.68 Å². The highest BCUT2D eigenvalue weighted by Gasteiger charge is 2.14. The number of carbonyl (C=O) groups excluding carboxylic acids is 1. The molecule has 0 bridgehead atoms. The summed E-state index contributed by atoms with van der Waals surface area (Å²) in [5.41, 5.74) is 3.36. The molecule has 8 heteroatoms. The predicted octanol–water partition coefficient (Wildman–Crippen LogP) is 3.91. The van der Waals surface area contributed by atoms with E-state index in [1.54, 1.807) is 31.2 Å². The Kier molecular flexibility index (Phi) is 9.21. The molecule has 0 fully saturated rings. The fourth-order valence-corrected chi connectivity index (χ4v) is 3.14. The molecular formula is C23H29ClN4O3. The number of aromatic nitrogens is 2. The average molecular weight is 445 g/mol. The molecule has 2 aromatic rings. The maximum Gasteiger partial charge on any atom is 0.239 e. The zero-order valence-corrected chi connectivity index (χ0v) is 19.1. The third-order valence-corrected chi connectivity index (χ3v) is 4.82. The molecule has 0 aliphatic carbocycles. The van der Waals surface area contributed by atoms with Crippen LogP contribution >= 0.6 is 11.6 Å². The Morgan fingerprint density at radius 2 is 2.06 bits per heavy atom. The van der Waals surface area contributed by atoms with Crippen molar-refractivity contribution >= 4 is 17.5 Å². The lowest BCUT2D eigenvalue weighted by Gasteiger charge is -2.15. The number of allylic oxidation sites excluding steroid dienone is 3. The van der Waals surface area contributed by atoms with Crippen molar-refractivity contribution < 1.29 is 14.3 Å². The Balaban J connectivity index is 2.01. The van der Waals surface area contributed by atoms with Gasteiger partial charge in [0.2, 0.25) is 5.91 Å². The van der Waals surface area contributed by atoms with E-state index in [0.717, 1.165) is 22.5 Å². The van der Waals surface area contributed by atoms with E-state index in [9.17, 15) is 4.79 Å². The van der Waals surface area contributed by atoms with Crippen molar-refractivity contribution in [2.75, 3.05) is 26.6 Å². The number of benzene rings is 1. The van der Waals surface area contributed by atoms with Gasteiger partial charge in [0.25, 0.3) is 0 Å². The van der Waals surface area contributed by atoms with Gasteiger partial charge < -0.3 is 20.1 Å². The van der Waals surface area contributed by atoms with Crippen molar-refractivity contribution in [1.82, 2.24) is 20.4 Å². The van der Waals surface area contributed by atoms with E-state index in [4.69, 9.17) is 21.1 Å². The summed E-state index contributed by atoms with van der Waals surface area (Å²) in [6.45, 7) is 7.70. The lowest BCUT2D eigenvalue weighted by atomic mass is 10.1. The molecule has 0 saturated heterocycles. The number of amides is 1. The first-order valence-electron chi connectivity index (χ1n) is 9.82. The molecule has 1 atom stereocenters. The number of hydrogen-bond donors (Lipinski definition) is 2. The number of methoxy groups -OCH3 is 2. The van der Waals surface area contributed by atoms with E-state index in [0.29, 0.717) is 17.4 Å². The van der Waals surface area contributed by atoms with Crippen molar-refractivity contribution in [3.63, 3.8) is 0 Å². The number of ether oxygens (including phenoxy) is 2. The number of halogens is 1. The molecule has 0 saturated carbocycles. The fraction of sp³-hybridized carbons (Fsp3) is 0.304. The topological polar surface area (TPSA) is 77.4 Å². The first kappa shape index (κ1) is 24.1. The molecule has 1 aromatic carbocycles. The van der Waals surface area contributed by atoms with Crippen LogP contribution in [0, 0.1) is 0 Å². The first-order chi connectivity index (χ1) is 15.0. The van der Waals surface area contributed by atoms with Crippen LogP contribution < -0.4 is 20.1 Å². The van der Waals surface area contributed by atoms with Crippen LogP contribution in [0.3, 0.4) is 0 Å². The molecular weight excluding hydrogens is 416 g/mol. The van der Waals surface area contributed by atoms with Crippen LogP contribution in [0.1, 0.15) is 25.5 Å². The summed E-state index contributed by atoms with van der Waals surface area (Å²) in [7, 11) is 3.18. The van der Waals surface area contributed by atoms with Crippen molar-refractivity contribution in [1.29, 1.82) is 0 Å². The van der Waals surface area contributed by atoms with Gasteiger partial charge in [-0.3, -0.25) is 4.79 Å². The summed E-state index contributed by atoms with van der Waals surface area (Å²) < 4.78 is 12.3. The van der Waals surface area contributed by atoms with Gasteiger partial charge in [0.05, 0.1) is 38.7 Å². The minimum Gasteiger partial charge on any atom is -0.493 e. The molecule has 1 unspecified atom stereocenters. The molecule has 0 spiro atoms. The van der Waals surface area contributed by atoms with Gasteiger partial charge in [0.15, 0.2) is 11.5 Å². The van der Waals surface area contributed by atoms with E-state index in [-0.39, 0.29) is 18.5 Å². The zero-order chi connectivity index (χ0) is 22.8. The predicted molar refractivity (Wildman–Crippen MR) is 124 cm³/mol. The van der Waals surface area contributed by atoms with Gasteiger partial charge >= 0.3 is 0 Å². The van der Waals surface area contributed by atoms with Crippen molar-refractivity contribution in [2.45, 2.75) is 19.9 Å². The largest absolute Gasteiger partial charge is 0.493 e. The molecule has 1 aromatic heterocycles. The molecule has 166 valence electrons. The molecule has 0 aliphatic rings. The Bertz CT molecular complexity index is 965. The Morgan fingerprint density at radius 1 is 1.32 bits per heavy atom. The van der Waals surface area contributed by atoms with Crippen LogP contribution in [0.5, 0.6) is 11.5 Å². The average Bonchev–Trinajstić information content (AvgIpc) is 3.28. The summed E-state index contributed by atoms with van der Waals surface area (Å²) in [6, 6.07) is 5.33. The molecule has 0 aliphatic heterocycles. The van der Waals surface area contributed by atoms with Gasteiger partial charge in [-0.2, -0.15) is 5.10 Å². The third-order valence-electron chi connectivity index (χ3n) is 4.67. The SMILES string of the molecule is C=CC(=C/CCl)/C(=C\C)NCC(=O)NC(C)c1cnn(-c2ccc(OC)c(OC)c2)c1. The number of rotatable bonds is 11. The number of nitrogens with one attached hydrogen (secondary N) is 2. The molecule has 2 rings (SSSR count). The standard InChI is InChI=1S/C23H29ClN4O3/c1-6-17(10-11-24)20(7-2)25-14-23(29)27-16(3)18-13-26-28(15-18)19-8-9-21(30-4)22(12-19)31-5/h6-10,12-13,15-16,25H,1,11,14H2,2-5H3,(H,27,29)/b17-10-,20-7+. The maximum atomic E-state index is 12.4. The zero-order valence-electron chi connectivity index (χ0n) is 18.3. The van der Waals surface area contributed by atoms with E-state index in [1.807, 2.05) is 50.4 Å². The van der Waals surface area contributed by atoms with E-state index >= 15 is 0 Å². The Labute approximate surface area is 188 Å². The van der Waals surface area contributed by atoms with Crippen LogP contribution in [-0.4, -0.2) is 42.3 Å². The highest BCUT2D eigenvalue weighted by Crippen LogP contribution is 2.29. The molecule has 7 nitrogen and oxygen atoms in total. The normalized spacial score (nSPS) is 12.8. The second-order valence-corrected chi connectivity index (χ2v) is 6.93. The molecule has 2 N–H and O–H groups in total. The minimum absolute atomic E-state index is 0.126. The van der Waals surface area contributed by atoms with E-state index in [2.05, 4.69) is 22.3 Å². The Morgan fingerprint density at radius 3 is 2.68 bits per heavy atom. The summed E-state index contributed by atoms with van der Waals surface area (Å²) in [5, 5.41) is 10.5. The second kappa shape index (κ2) is 11.9. The van der Waals surface area contributed by atoms with Gasteiger partial charge in [-0.15, -0.1) is 11.6 Å². The summed E-state index contributed by atoms with van der Waals surface area (Å²) in [5.74, 6) is 1.49.